The molecule has 0 amide bonds. The molecule has 0 atom stereocenters. The molecule has 130 valence electrons. The molecule has 1 aromatic carbocycles. The van der Waals surface area contributed by atoms with Gasteiger partial charge in [0.25, 0.3) is 0 Å². The fraction of sp³-hybridized carbons (Fsp3) is 0.368. The Hall–Kier alpha value is -0.823. The van der Waals surface area contributed by atoms with E-state index in [-0.39, 0.29) is 31.1 Å². The minimum Gasteiger partial charge on any atom is -0.658 e. The number of hydrogen-bond acceptors (Lipinski definition) is 2. The number of aromatic nitrogens is 1. The Morgan fingerprint density at radius 2 is 1.72 bits per heavy atom. The first-order valence-corrected chi connectivity index (χ1v) is 8.63. The van der Waals surface area contributed by atoms with Crippen molar-refractivity contribution in [2.75, 3.05) is 0 Å². The van der Waals surface area contributed by atoms with Crippen molar-refractivity contribution in [3.8, 4) is 0 Å². The molecular formula is C19H23Cl2LiN2O. The number of benzene rings is 1. The summed E-state index contributed by atoms with van der Waals surface area (Å²) in [7, 11) is 0. The molecule has 2 rings (SSSR count). The number of Topliss-reactive ketones (excluding diaryl/α,β-unsaturated/α-hetero) is 1. The van der Waals surface area contributed by atoms with Crippen LogP contribution in [0.3, 0.4) is 0 Å². The number of carbonyl (C=O) groups is 1. The number of ketones is 1. The van der Waals surface area contributed by atoms with Crippen LogP contribution in [0.4, 0.5) is 0 Å². The Morgan fingerprint density at radius 1 is 1.08 bits per heavy atom. The van der Waals surface area contributed by atoms with Gasteiger partial charge in [-0.3, -0.25) is 9.78 Å². The number of halogens is 2. The first-order valence-electron chi connectivity index (χ1n) is 7.87. The maximum absolute atomic E-state index is 12.0. The summed E-state index contributed by atoms with van der Waals surface area (Å²) in [6.07, 6.45) is 3.60. The number of nitrogens with zero attached hydrogens (tertiary/aromatic N) is 2. The topological polar surface area (TPSA) is 44.1 Å². The van der Waals surface area contributed by atoms with E-state index in [9.17, 15) is 4.79 Å². The molecule has 6 heteroatoms. The molecule has 2 aromatic rings. The molecule has 0 fully saturated rings. The molecule has 0 aliphatic carbocycles. The van der Waals surface area contributed by atoms with Gasteiger partial charge in [0.1, 0.15) is 0 Å². The molecule has 25 heavy (non-hydrogen) atoms. The average Bonchev–Trinajstić information content (AvgIpc) is 2.50. The van der Waals surface area contributed by atoms with Gasteiger partial charge in [0.05, 0.1) is 10.0 Å². The van der Waals surface area contributed by atoms with Crippen LogP contribution >= 0.6 is 23.2 Å². The zero-order valence-corrected chi connectivity index (χ0v) is 17.0. The molecular weight excluding hydrogens is 350 g/mol. The maximum Gasteiger partial charge on any atom is 1.00 e. The van der Waals surface area contributed by atoms with E-state index < -0.39 is 0 Å². The smallest absolute Gasteiger partial charge is 0.658 e. The third-order valence-electron chi connectivity index (χ3n) is 2.94. The molecule has 0 unspecified atom stereocenters. The Bertz CT molecular complexity index is 643. The molecule has 0 N–H and O–H groups in total. The van der Waals surface area contributed by atoms with Crippen LogP contribution in [0.25, 0.3) is 5.32 Å². The normalized spacial score (nSPS) is 10.1. The van der Waals surface area contributed by atoms with Crippen LogP contribution in [0.5, 0.6) is 0 Å². The van der Waals surface area contributed by atoms with Crippen LogP contribution in [-0.4, -0.2) is 22.9 Å². The predicted molar refractivity (Wildman–Crippen MR) is 102 cm³/mol. The molecule has 0 aliphatic heterocycles. The molecule has 0 spiro atoms. The van der Waals surface area contributed by atoms with Crippen LogP contribution in [0.15, 0.2) is 42.7 Å². The monoisotopic (exact) mass is 372 g/mol. The number of pyridine rings is 1. The zero-order valence-electron chi connectivity index (χ0n) is 15.5. The van der Waals surface area contributed by atoms with E-state index in [0.717, 1.165) is 5.56 Å². The second-order valence-electron chi connectivity index (χ2n) is 5.90. The summed E-state index contributed by atoms with van der Waals surface area (Å²) in [4.78, 5) is 16.0. The van der Waals surface area contributed by atoms with Crippen LogP contribution in [0.2, 0.25) is 10.0 Å². The molecule has 0 aliphatic rings. The summed E-state index contributed by atoms with van der Waals surface area (Å²) in [5.41, 5.74) is 1.30. The number of carbonyl (C=O) groups excluding carboxylic acids is 1. The van der Waals surface area contributed by atoms with Gasteiger partial charge in [0.2, 0.25) is 0 Å². The van der Waals surface area contributed by atoms with Gasteiger partial charge in [-0.15, -0.1) is 12.1 Å². The van der Waals surface area contributed by atoms with Crippen LogP contribution < -0.4 is 18.9 Å². The first-order chi connectivity index (χ1) is 11.3. The standard InChI is InChI=1S/C13H9Cl2NO.C6H14N.Li/c14-11-5-1-4-10(13(11)15)12(17)7-9-3-2-6-16-8-9;1-5(2)7-6(3)4;/h1-6,8H,7H2;5-6H,1-4H3;/q;-1;+1. The molecule has 0 saturated heterocycles. The molecule has 1 aromatic heterocycles. The van der Waals surface area contributed by atoms with E-state index in [4.69, 9.17) is 23.2 Å². The quantitative estimate of drug-likeness (QED) is 0.598. The summed E-state index contributed by atoms with van der Waals surface area (Å²) in [6.45, 7) is 8.39. The zero-order chi connectivity index (χ0) is 18.1. The van der Waals surface area contributed by atoms with Crippen molar-refractivity contribution in [3.63, 3.8) is 0 Å². The number of hydrogen-bond donors (Lipinski definition) is 0. The van der Waals surface area contributed by atoms with Gasteiger partial charge in [0.15, 0.2) is 5.78 Å². The summed E-state index contributed by atoms with van der Waals surface area (Å²) in [5, 5.41) is 4.98. The Labute approximate surface area is 172 Å². The van der Waals surface area contributed by atoms with Gasteiger partial charge in [-0.25, -0.2) is 0 Å². The third kappa shape index (κ3) is 9.44. The van der Waals surface area contributed by atoms with E-state index in [1.165, 1.54) is 0 Å². The molecule has 0 bridgehead atoms. The van der Waals surface area contributed by atoms with E-state index in [1.54, 1.807) is 36.7 Å². The summed E-state index contributed by atoms with van der Waals surface area (Å²) in [5.74, 6) is -0.0644. The molecule has 0 saturated carbocycles. The molecule has 0 radical (unpaired) electrons. The second kappa shape index (κ2) is 12.5. The summed E-state index contributed by atoms with van der Waals surface area (Å²) >= 11 is 11.9. The van der Waals surface area contributed by atoms with Crippen molar-refractivity contribution >= 4 is 29.0 Å². The minimum absolute atomic E-state index is 0. The number of rotatable bonds is 5. The molecule has 3 nitrogen and oxygen atoms in total. The predicted octanol–water partition coefficient (Wildman–Crippen LogP) is 2.99. The van der Waals surface area contributed by atoms with Crippen molar-refractivity contribution in [1.82, 2.24) is 4.98 Å². The van der Waals surface area contributed by atoms with Gasteiger partial charge in [0, 0.05) is 24.4 Å². The van der Waals surface area contributed by atoms with Gasteiger partial charge in [-0.1, -0.05) is 63.0 Å². The largest absolute Gasteiger partial charge is 1.00 e. The van der Waals surface area contributed by atoms with Crippen molar-refractivity contribution in [1.29, 1.82) is 0 Å². The van der Waals surface area contributed by atoms with Crippen LogP contribution in [-0.2, 0) is 6.42 Å². The fourth-order valence-electron chi connectivity index (χ4n) is 2.10. The van der Waals surface area contributed by atoms with E-state index >= 15 is 0 Å². The second-order valence-corrected chi connectivity index (χ2v) is 6.68. The SMILES string of the molecule is CC(C)[N-]C(C)C.O=C(Cc1cccnc1)c1cccc(Cl)c1Cl.[Li+]. The Kier molecular flexibility index (Phi) is 12.1. The first kappa shape index (κ1) is 24.2. The van der Waals surface area contributed by atoms with E-state index in [2.05, 4.69) is 38.0 Å². The Morgan fingerprint density at radius 3 is 2.20 bits per heavy atom. The summed E-state index contributed by atoms with van der Waals surface area (Å²) in [6, 6.07) is 9.69. The van der Waals surface area contributed by atoms with Gasteiger partial charge < -0.3 is 5.32 Å². The van der Waals surface area contributed by atoms with Gasteiger partial charge in [-0.05, 0) is 23.8 Å². The van der Waals surface area contributed by atoms with Crippen LogP contribution in [0, 0.1) is 0 Å². The van der Waals surface area contributed by atoms with Crippen molar-refractivity contribution in [2.24, 2.45) is 0 Å². The average molecular weight is 373 g/mol. The minimum atomic E-state index is -0.0644. The summed E-state index contributed by atoms with van der Waals surface area (Å²) < 4.78 is 0. The van der Waals surface area contributed by atoms with Crippen molar-refractivity contribution < 1.29 is 23.7 Å². The third-order valence-corrected chi connectivity index (χ3v) is 3.75. The Balaban J connectivity index is 0.000000620. The van der Waals surface area contributed by atoms with Crippen molar-refractivity contribution in [3.05, 3.63) is 69.2 Å². The molecule has 1 heterocycles. The van der Waals surface area contributed by atoms with Gasteiger partial charge >= 0.3 is 18.9 Å². The van der Waals surface area contributed by atoms with Crippen molar-refractivity contribution in [2.45, 2.75) is 46.2 Å². The fourth-order valence-corrected chi connectivity index (χ4v) is 2.50. The van der Waals surface area contributed by atoms with E-state index in [1.807, 2.05) is 6.07 Å². The van der Waals surface area contributed by atoms with E-state index in [0.29, 0.717) is 27.7 Å². The van der Waals surface area contributed by atoms with Crippen LogP contribution in [0.1, 0.15) is 43.6 Å². The van der Waals surface area contributed by atoms with Gasteiger partial charge in [-0.2, -0.15) is 0 Å². The maximum atomic E-state index is 12.0.